The Morgan fingerprint density at radius 1 is 1.16 bits per heavy atom. The second-order valence-corrected chi connectivity index (χ2v) is 7.86. The molecular weight excluding hydrogens is 336 g/mol. The summed E-state index contributed by atoms with van der Waals surface area (Å²) in [5.74, 6) is 0.669. The fourth-order valence-electron chi connectivity index (χ4n) is 2.72. The first-order valence-corrected chi connectivity index (χ1v) is 9.77. The Bertz CT molecular complexity index is 1010. The van der Waals surface area contributed by atoms with Gasteiger partial charge in [-0.3, -0.25) is 0 Å². The number of benzene rings is 1. The van der Waals surface area contributed by atoms with Crippen LogP contribution in [0.2, 0.25) is 0 Å². The lowest BCUT2D eigenvalue weighted by molar-refractivity contribution is 0.573. The molecule has 6 nitrogen and oxygen atoms in total. The molecule has 0 bridgehead atoms. The van der Waals surface area contributed by atoms with Crippen LogP contribution in [0.15, 0.2) is 41.4 Å². The molecule has 2 heterocycles. The van der Waals surface area contributed by atoms with Crippen LogP contribution in [-0.2, 0) is 23.1 Å². The molecule has 0 atom stereocenters. The minimum Gasteiger partial charge on any atom is -0.312 e. The number of nitrogens with zero attached hydrogens (tertiary/aromatic N) is 3. The largest absolute Gasteiger partial charge is 0.312 e. The highest BCUT2D eigenvalue weighted by atomic mass is 32.2. The molecule has 0 saturated carbocycles. The van der Waals surface area contributed by atoms with Gasteiger partial charge in [-0.2, -0.15) is 0 Å². The third kappa shape index (κ3) is 3.57. The maximum Gasteiger partial charge on any atom is 0.240 e. The number of imidazole rings is 1. The van der Waals surface area contributed by atoms with E-state index < -0.39 is 10.0 Å². The maximum absolute atomic E-state index is 12.6. The quantitative estimate of drug-likeness (QED) is 0.735. The lowest BCUT2D eigenvalue weighted by Crippen LogP contribution is -2.25. The number of aromatic nitrogens is 3. The zero-order valence-corrected chi connectivity index (χ0v) is 15.5. The first-order chi connectivity index (χ1) is 11.9. The molecule has 0 aliphatic heterocycles. The Hall–Kier alpha value is -2.25. The number of rotatable bonds is 6. The average molecular weight is 358 g/mol. The lowest BCUT2D eigenvalue weighted by atomic mass is 10.1. The van der Waals surface area contributed by atoms with Crippen molar-refractivity contribution >= 4 is 21.2 Å². The van der Waals surface area contributed by atoms with Crippen molar-refractivity contribution in [2.75, 3.05) is 0 Å². The molecule has 0 radical (unpaired) electrons. The molecule has 1 N–H and O–H groups in total. The van der Waals surface area contributed by atoms with Crippen molar-refractivity contribution in [1.82, 2.24) is 19.3 Å². The maximum atomic E-state index is 12.6. The van der Waals surface area contributed by atoms with Gasteiger partial charge in [-0.05, 0) is 55.7 Å². The molecule has 0 spiro atoms. The summed E-state index contributed by atoms with van der Waals surface area (Å²) in [6.45, 7) is 6.80. The normalized spacial score (nSPS) is 12.0. The number of nitrogens with one attached hydrogen (secondary N) is 1. The average Bonchev–Trinajstić information content (AvgIpc) is 2.94. The van der Waals surface area contributed by atoms with Gasteiger partial charge >= 0.3 is 0 Å². The Balaban J connectivity index is 1.88. The molecule has 25 heavy (non-hydrogen) atoms. The predicted octanol–water partition coefficient (Wildman–Crippen LogP) is 2.94. The van der Waals surface area contributed by atoms with Crippen LogP contribution in [0.5, 0.6) is 0 Å². The molecular formula is C18H22N4O2S. The number of fused-ring (bicyclic) bond motifs is 1. The highest BCUT2D eigenvalue weighted by Gasteiger charge is 2.17. The molecule has 1 aromatic carbocycles. The molecule has 0 unspecified atom stereocenters. The number of pyridine rings is 1. The summed E-state index contributed by atoms with van der Waals surface area (Å²) in [7, 11) is -3.59. The molecule has 0 aliphatic carbocycles. The summed E-state index contributed by atoms with van der Waals surface area (Å²) >= 11 is 0. The summed E-state index contributed by atoms with van der Waals surface area (Å²) in [6.07, 6.45) is 2.64. The summed E-state index contributed by atoms with van der Waals surface area (Å²) < 4.78 is 29.8. The van der Waals surface area contributed by atoms with Gasteiger partial charge in [0.15, 0.2) is 5.65 Å². The number of hydrogen-bond acceptors (Lipinski definition) is 4. The van der Waals surface area contributed by atoms with Crippen LogP contribution in [0.1, 0.15) is 30.3 Å². The third-order valence-electron chi connectivity index (χ3n) is 4.24. The SMILES string of the molecule is CCCn1c(CNS(=O)(=O)c2ccc(C)c(C)c2)nc2cccnc21. The van der Waals surface area contributed by atoms with E-state index in [1.165, 1.54) is 0 Å². The first-order valence-electron chi connectivity index (χ1n) is 8.29. The van der Waals surface area contributed by atoms with E-state index >= 15 is 0 Å². The minimum absolute atomic E-state index is 0.131. The summed E-state index contributed by atoms with van der Waals surface area (Å²) in [5.41, 5.74) is 3.57. The Labute approximate surface area is 148 Å². The van der Waals surface area contributed by atoms with Gasteiger partial charge in [0.05, 0.1) is 11.4 Å². The van der Waals surface area contributed by atoms with Gasteiger partial charge in [-0.15, -0.1) is 0 Å². The number of aryl methyl sites for hydroxylation is 3. The van der Waals surface area contributed by atoms with Crippen LogP contribution in [0, 0.1) is 13.8 Å². The molecule has 0 aliphatic rings. The van der Waals surface area contributed by atoms with Gasteiger partial charge in [0.2, 0.25) is 10.0 Å². The van der Waals surface area contributed by atoms with E-state index in [0.717, 1.165) is 35.3 Å². The molecule has 3 rings (SSSR count). The van der Waals surface area contributed by atoms with Gasteiger partial charge in [0.1, 0.15) is 11.3 Å². The van der Waals surface area contributed by atoms with Gasteiger partial charge in [0, 0.05) is 12.7 Å². The van der Waals surface area contributed by atoms with Crippen LogP contribution < -0.4 is 4.72 Å². The van der Waals surface area contributed by atoms with Gasteiger partial charge in [-0.25, -0.2) is 23.1 Å². The van der Waals surface area contributed by atoms with E-state index in [2.05, 4.69) is 21.6 Å². The van der Waals surface area contributed by atoms with E-state index in [-0.39, 0.29) is 11.4 Å². The first kappa shape index (κ1) is 17.6. The zero-order chi connectivity index (χ0) is 18.0. The summed E-state index contributed by atoms with van der Waals surface area (Å²) in [5, 5.41) is 0. The molecule has 2 aromatic heterocycles. The van der Waals surface area contributed by atoms with E-state index in [0.29, 0.717) is 5.82 Å². The molecule has 0 saturated heterocycles. The Morgan fingerprint density at radius 3 is 2.68 bits per heavy atom. The number of sulfonamides is 1. The van der Waals surface area contributed by atoms with E-state index in [4.69, 9.17) is 0 Å². The van der Waals surface area contributed by atoms with E-state index in [9.17, 15) is 8.42 Å². The van der Waals surface area contributed by atoms with Crippen LogP contribution in [-0.4, -0.2) is 23.0 Å². The van der Waals surface area contributed by atoms with Gasteiger partial charge in [-0.1, -0.05) is 13.0 Å². The highest BCUT2D eigenvalue weighted by molar-refractivity contribution is 7.89. The fourth-order valence-corrected chi connectivity index (χ4v) is 3.79. The fraction of sp³-hybridized carbons (Fsp3) is 0.333. The van der Waals surface area contributed by atoms with Gasteiger partial charge < -0.3 is 4.57 Å². The molecule has 3 aromatic rings. The lowest BCUT2D eigenvalue weighted by Gasteiger charge is -2.10. The number of hydrogen-bond donors (Lipinski definition) is 1. The van der Waals surface area contributed by atoms with E-state index in [1.807, 2.05) is 36.6 Å². The Kier molecular flexibility index (Phi) is 4.87. The van der Waals surface area contributed by atoms with Crippen LogP contribution in [0.4, 0.5) is 0 Å². The second-order valence-electron chi connectivity index (χ2n) is 6.10. The van der Waals surface area contributed by atoms with Crippen molar-refractivity contribution in [3.63, 3.8) is 0 Å². The van der Waals surface area contributed by atoms with Crippen molar-refractivity contribution < 1.29 is 8.42 Å². The van der Waals surface area contributed by atoms with Crippen molar-refractivity contribution in [2.45, 2.75) is 45.2 Å². The molecule has 0 amide bonds. The molecule has 7 heteroatoms. The minimum atomic E-state index is -3.59. The van der Waals surface area contributed by atoms with Crippen molar-refractivity contribution in [3.05, 3.63) is 53.5 Å². The molecule has 0 fully saturated rings. The van der Waals surface area contributed by atoms with E-state index in [1.54, 1.807) is 18.3 Å². The zero-order valence-electron chi connectivity index (χ0n) is 14.7. The van der Waals surface area contributed by atoms with Crippen molar-refractivity contribution in [2.24, 2.45) is 0 Å². The van der Waals surface area contributed by atoms with Crippen LogP contribution in [0.25, 0.3) is 11.2 Å². The van der Waals surface area contributed by atoms with Crippen molar-refractivity contribution in [3.8, 4) is 0 Å². The molecule has 132 valence electrons. The topological polar surface area (TPSA) is 76.9 Å². The monoisotopic (exact) mass is 358 g/mol. The third-order valence-corrected chi connectivity index (χ3v) is 5.64. The Morgan fingerprint density at radius 2 is 1.96 bits per heavy atom. The smallest absolute Gasteiger partial charge is 0.240 e. The second kappa shape index (κ2) is 6.93. The summed E-state index contributed by atoms with van der Waals surface area (Å²) in [4.78, 5) is 9.17. The van der Waals surface area contributed by atoms with Crippen molar-refractivity contribution in [1.29, 1.82) is 0 Å². The standard InChI is InChI=1S/C18H22N4O2S/c1-4-10-22-17(21-16-6-5-9-19-18(16)22)12-20-25(23,24)15-8-7-13(2)14(3)11-15/h5-9,11,20H,4,10,12H2,1-3H3. The summed E-state index contributed by atoms with van der Waals surface area (Å²) in [6, 6.07) is 8.85. The van der Waals surface area contributed by atoms with Gasteiger partial charge in [0.25, 0.3) is 0 Å². The van der Waals surface area contributed by atoms with Crippen LogP contribution in [0.3, 0.4) is 0 Å². The van der Waals surface area contributed by atoms with Crippen LogP contribution >= 0.6 is 0 Å². The predicted molar refractivity (Wildman–Crippen MR) is 97.8 cm³/mol. The highest BCUT2D eigenvalue weighted by Crippen LogP contribution is 2.17.